The number of anilines is 1. The van der Waals surface area contributed by atoms with Crippen molar-refractivity contribution >= 4 is 43.1 Å². The predicted molar refractivity (Wildman–Crippen MR) is 90.8 cm³/mol. The molecule has 2 rings (SSSR count). The summed E-state index contributed by atoms with van der Waals surface area (Å²) in [6.07, 6.45) is 1.19. The van der Waals surface area contributed by atoms with Crippen LogP contribution in [0.2, 0.25) is 5.02 Å². The van der Waals surface area contributed by atoms with Crippen LogP contribution >= 0.6 is 27.5 Å². The summed E-state index contributed by atoms with van der Waals surface area (Å²) in [4.78, 5) is 0.256. The first-order valence-electron chi connectivity index (χ1n) is 6.27. The zero-order valence-electron chi connectivity index (χ0n) is 11.7. The van der Waals surface area contributed by atoms with Crippen molar-refractivity contribution in [1.82, 2.24) is 0 Å². The molecule has 2 aromatic rings. The van der Waals surface area contributed by atoms with Crippen molar-refractivity contribution in [3.05, 3.63) is 57.0 Å². The third kappa shape index (κ3) is 3.78. The number of aryl methyl sites for hydroxylation is 1. The van der Waals surface area contributed by atoms with Gasteiger partial charge in [0.2, 0.25) is 0 Å². The van der Waals surface area contributed by atoms with E-state index in [0.717, 1.165) is 15.7 Å². The van der Waals surface area contributed by atoms with Crippen LogP contribution in [0.5, 0.6) is 0 Å². The molecule has 0 heterocycles. The first kappa shape index (κ1) is 16.3. The standard InChI is InChI=1S/C15H15BrClNO2S/c1-10-5-3-7-13(15(10)16)18-9-11-12(17)6-4-8-14(11)21(2,19)20/h3-8,18H,9H2,1-2H3. The summed E-state index contributed by atoms with van der Waals surface area (Å²) in [6, 6.07) is 10.8. The molecule has 0 aliphatic heterocycles. The molecule has 0 saturated carbocycles. The van der Waals surface area contributed by atoms with Gasteiger partial charge in [-0.1, -0.05) is 29.8 Å². The SMILES string of the molecule is Cc1cccc(NCc2c(Cl)cccc2S(C)(=O)=O)c1Br. The molecule has 0 saturated heterocycles. The number of sulfone groups is 1. The van der Waals surface area contributed by atoms with Gasteiger partial charge in [-0.15, -0.1) is 0 Å². The van der Waals surface area contributed by atoms with E-state index in [1.165, 1.54) is 6.26 Å². The number of benzene rings is 2. The molecule has 1 N–H and O–H groups in total. The molecule has 0 atom stereocenters. The maximum Gasteiger partial charge on any atom is 0.175 e. The molecule has 6 heteroatoms. The Morgan fingerprint density at radius 3 is 2.52 bits per heavy atom. The van der Waals surface area contributed by atoms with Crippen molar-refractivity contribution in [2.45, 2.75) is 18.4 Å². The van der Waals surface area contributed by atoms with Gasteiger partial charge in [-0.05, 0) is 46.6 Å². The van der Waals surface area contributed by atoms with Crippen molar-refractivity contribution in [2.24, 2.45) is 0 Å². The molecule has 0 spiro atoms. The van der Waals surface area contributed by atoms with Crippen molar-refractivity contribution < 1.29 is 8.42 Å². The molecule has 2 aromatic carbocycles. The molecular formula is C15H15BrClNO2S. The lowest BCUT2D eigenvalue weighted by Gasteiger charge is -2.14. The molecule has 3 nitrogen and oxygen atoms in total. The quantitative estimate of drug-likeness (QED) is 0.843. The lowest BCUT2D eigenvalue weighted by molar-refractivity contribution is 0.601. The molecule has 0 radical (unpaired) electrons. The van der Waals surface area contributed by atoms with Gasteiger partial charge in [-0.2, -0.15) is 0 Å². The van der Waals surface area contributed by atoms with E-state index in [1.54, 1.807) is 18.2 Å². The second-order valence-corrected chi connectivity index (χ2v) is 7.96. The van der Waals surface area contributed by atoms with Crippen LogP contribution in [0.1, 0.15) is 11.1 Å². The van der Waals surface area contributed by atoms with Gasteiger partial charge >= 0.3 is 0 Å². The topological polar surface area (TPSA) is 46.2 Å². The maximum atomic E-state index is 11.8. The fourth-order valence-corrected chi connectivity index (χ4v) is 3.68. The third-order valence-electron chi connectivity index (χ3n) is 3.12. The van der Waals surface area contributed by atoms with Crippen LogP contribution in [0.15, 0.2) is 45.8 Å². The van der Waals surface area contributed by atoms with Gasteiger partial charge in [0.1, 0.15) is 0 Å². The fourth-order valence-electron chi connectivity index (χ4n) is 2.03. The highest BCUT2D eigenvalue weighted by atomic mass is 79.9. The lowest BCUT2D eigenvalue weighted by atomic mass is 10.2. The molecule has 21 heavy (non-hydrogen) atoms. The molecule has 0 aliphatic carbocycles. The predicted octanol–water partition coefficient (Wildman–Crippen LogP) is 4.43. The minimum absolute atomic E-state index is 0.256. The smallest absolute Gasteiger partial charge is 0.175 e. The summed E-state index contributed by atoms with van der Waals surface area (Å²) in [5, 5.41) is 3.67. The summed E-state index contributed by atoms with van der Waals surface area (Å²) in [5.74, 6) is 0. The monoisotopic (exact) mass is 387 g/mol. The highest BCUT2D eigenvalue weighted by Gasteiger charge is 2.16. The Hall–Kier alpha value is -1.04. The Kier molecular flexibility index (Phi) is 4.96. The first-order chi connectivity index (χ1) is 9.80. The normalized spacial score (nSPS) is 11.4. The molecule has 0 bridgehead atoms. The Bertz CT molecular complexity index is 775. The second-order valence-electron chi connectivity index (χ2n) is 4.78. The van der Waals surface area contributed by atoms with Gasteiger partial charge in [0.05, 0.1) is 4.90 Å². The zero-order chi connectivity index (χ0) is 15.6. The zero-order valence-corrected chi connectivity index (χ0v) is 14.8. The van der Waals surface area contributed by atoms with Gasteiger partial charge in [0.25, 0.3) is 0 Å². The van der Waals surface area contributed by atoms with E-state index in [9.17, 15) is 8.42 Å². The second kappa shape index (κ2) is 6.38. The summed E-state index contributed by atoms with van der Waals surface area (Å²) < 4.78 is 24.6. The number of halogens is 2. The summed E-state index contributed by atoms with van der Waals surface area (Å²) in [5.41, 5.74) is 2.58. The Morgan fingerprint density at radius 2 is 1.86 bits per heavy atom. The average molecular weight is 389 g/mol. The van der Waals surface area contributed by atoms with Crippen LogP contribution in [0.25, 0.3) is 0 Å². The van der Waals surface area contributed by atoms with E-state index in [-0.39, 0.29) is 4.90 Å². The Balaban J connectivity index is 2.35. The summed E-state index contributed by atoms with van der Waals surface area (Å²) >= 11 is 9.67. The van der Waals surface area contributed by atoms with Gasteiger partial charge in [-0.25, -0.2) is 8.42 Å². The van der Waals surface area contributed by atoms with Crippen LogP contribution in [0.4, 0.5) is 5.69 Å². The third-order valence-corrected chi connectivity index (χ3v) is 5.71. The highest BCUT2D eigenvalue weighted by Crippen LogP contribution is 2.29. The minimum Gasteiger partial charge on any atom is -0.380 e. The minimum atomic E-state index is -3.31. The van der Waals surface area contributed by atoms with Gasteiger partial charge in [0.15, 0.2) is 9.84 Å². The van der Waals surface area contributed by atoms with E-state index in [2.05, 4.69) is 21.2 Å². The summed E-state index contributed by atoms with van der Waals surface area (Å²) in [6.45, 7) is 2.33. The molecule has 0 aliphatic rings. The largest absolute Gasteiger partial charge is 0.380 e. The van der Waals surface area contributed by atoms with E-state index < -0.39 is 9.84 Å². The van der Waals surface area contributed by atoms with Crippen LogP contribution < -0.4 is 5.32 Å². The fraction of sp³-hybridized carbons (Fsp3) is 0.200. The molecule has 112 valence electrons. The number of hydrogen-bond donors (Lipinski definition) is 1. The van der Waals surface area contributed by atoms with Crippen molar-refractivity contribution in [3.8, 4) is 0 Å². The first-order valence-corrected chi connectivity index (χ1v) is 9.33. The summed E-state index contributed by atoms with van der Waals surface area (Å²) in [7, 11) is -3.31. The van der Waals surface area contributed by atoms with E-state index >= 15 is 0 Å². The Morgan fingerprint density at radius 1 is 1.19 bits per heavy atom. The number of hydrogen-bond acceptors (Lipinski definition) is 3. The highest BCUT2D eigenvalue weighted by molar-refractivity contribution is 9.10. The number of rotatable bonds is 4. The van der Waals surface area contributed by atoms with Gasteiger partial charge < -0.3 is 5.32 Å². The molecule has 0 amide bonds. The van der Waals surface area contributed by atoms with E-state index in [4.69, 9.17) is 11.6 Å². The van der Waals surface area contributed by atoms with Crippen molar-refractivity contribution in [1.29, 1.82) is 0 Å². The average Bonchev–Trinajstić information content (AvgIpc) is 2.40. The van der Waals surface area contributed by atoms with Gasteiger partial charge in [-0.3, -0.25) is 0 Å². The van der Waals surface area contributed by atoms with Gasteiger partial charge in [0, 0.05) is 33.5 Å². The maximum absolute atomic E-state index is 11.8. The van der Waals surface area contributed by atoms with Crippen molar-refractivity contribution in [2.75, 3.05) is 11.6 Å². The molecule has 0 aromatic heterocycles. The number of nitrogens with one attached hydrogen (secondary N) is 1. The van der Waals surface area contributed by atoms with Crippen LogP contribution in [-0.4, -0.2) is 14.7 Å². The van der Waals surface area contributed by atoms with Crippen LogP contribution in [0.3, 0.4) is 0 Å². The molecular weight excluding hydrogens is 374 g/mol. The van der Waals surface area contributed by atoms with Crippen LogP contribution in [0, 0.1) is 6.92 Å². The lowest BCUT2D eigenvalue weighted by Crippen LogP contribution is -2.08. The van der Waals surface area contributed by atoms with E-state index in [0.29, 0.717) is 17.1 Å². The van der Waals surface area contributed by atoms with Crippen molar-refractivity contribution in [3.63, 3.8) is 0 Å². The molecule has 0 unspecified atom stereocenters. The van der Waals surface area contributed by atoms with Crippen LogP contribution in [-0.2, 0) is 16.4 Å². The Labute approximate surface area is 138 Å². The molecule has 0 fully saturated rings. The van der Waals surface area contributed by atoms with E-state index in [1.807, 2.05) is 25.1 Å².